The average Bonchev–Trinajstić information content (AvgIpc) is 2.76. The first kappa shape index (κ1) is 23.8. The summed E-state index contributed by atoms with van der Waals surface area (Å²) in [5.41, 5.74) is 8.43. The van der Waals surface area contributed by atoms with Crippen molar-refractivity contribution in [3.05, 3.63) is 66.4 Å². The molecular formula is C24H35N3O. The summed E-state index contributed by atoms with van der Waals surface area (Å²) in [6.45, 7) is 4.48. The fourth-order valence-electron chi connectivity index (χ4n) is 3.25. The van der Waals surface area contributed by atoms with Crippen LogP contribution in [-0.4, -0.2) is 42.2 Å². The number of fused-ring (bicyclic) bond motifs is 1. The molecule has 28 heavy (non-hydrogen) atoms. The molecule has 0 saturated carbocycles. The Hall–Kier alpha value is -2.27. The van der Waals surface area contributed by atoms with E-state index >= 15 is 0 Å². The lowest BCUT2D eigenvalue weighted by Gasteiger charge is -2.20. The molecule has 3 aromatic rings. The predicted molar refractivity (Wildman–Crippen MR) is 121 cm³/mol. The van der Waals surface area contributed by atoms with Gasteiger partial charge >= 0.3 is 0 Å². The molecule has 152 valence electrons. The highest BCUT2D eigenvalue weighted by molar-refractivity contribution is 5.88. The number of hydrogen-bond acceptors (Lipinski definition) is 4. The Morgan fingerprint density at radius 1 is 0.929 bits per heavy atom. The Morgan fingerprint density at radius 3 is 2.00 bits per heavy atom. The number of aromatic nitrogens is 1. The van der Waals surface area contributed by atoms with Crippen LogP contribution in [0.15, 0.2) is 60.8 Å². The quantitative estimate of drug-likeness (QED) is 0.672. The van der Waals surface area contributed by atoms with Crippen molar-refractivity contribution in [1.29, 1.82) is 0 Å². The molecule has 3 N–H and O–H groups in total. The fraction of sp³-hybridized carbons (Fsp3) is 0.375. The molecule has 0 aliphatic carbocycles. The zero-order valence-electron chi connectivity index (χ0n) is 17.9. The first-order chi connectivity index (χ1) is 13.6. The third-order valence-electron chi connectivity index (χ3n) is 4.80. The van der Waals surface area contributed by atoms with Crippen molar-refractivity contribution in [1.82, 2.24) is 9.88 Å². The Balaban J connectivity index is 0.000000334. The first-order valence-corrected chi connectivity index (χ1v) is 9.89. The van der Waals surface area contributed by atoms with Crippen LogP contribution in [0, 0.1) is 0 Å². The number of aliphatic hydroxyl groups is 1. The zero-order chi connectivity index (χ0) is 20.9. The maximum absolute atomic E-state index is 9.65. The maximum atomic E-state index is 9.65. The zero-order valence-corrected chi connectivity index (χ0v) is 17.9. The molecule has 0 aliphatic rings. The van der Waals surface area contributed by atoms with Gasteiger partial charge in [-0.2, -0.15) is 0 Å². The van der Waals surface area contributed by atoms with Crippen molar-refractivity contribution in [3.63, 3.8) is 0 Å². The van der Waals surface area contributed by atoms with Gasteiger partial charge in [-0.15, -0.1) is 0 Å². The van der Waals surface area contributed by atoms with E-state index in [1.807, 2.05) is 60.8 Å². The van der Waals surface area contributed by atoms with E-state index in [0.717, 1.165) is 33.6 Å². The molecule has 1 heterocycles. The summed E-state index contributed by atoms with van der Waals surface area (Å²) >= 11 is 0. The van der Waals surface area contributed by atoms with Crippen molar-refractivity contribution in [3.8, 4) is 11.1 Å². The Morgan fingerprint density at radius 2 is 1.50 bits per heavy atom. The van der Waals surface area contributed by atoms with E-state index in [0.29, 0.717) is 0 Å². The van der Waals surface area contributed by atoms with Gasteiger partial charge in [-0.25, -0.2) is 0 Å². The van der Waals surface area contributed by atoms with Crippen molar-refractivity contribution in [2.75, 3.05) is 21.1 Å². The van der Waals surface area contributed by atoms with Gasteiger partial charge in [0, 0.05) is 23.2 Å². The van der Waals surface area contributed by atoms with Gasteiger partial charge in [0.25, 0.3) is 0 Å². The van der Waals surface area contributed by atoms with Gasteiger partial charge in [-0.3, -0.25) is 4.98 Å². The number of benzene rings is 2. The van der Waals surface area contributed by atoms with Crippen LogP contribution in [0.5, 0.6) is 0 Å². The Bertz CT molecular complexity index is 799. The Labute approximate surface area is 170 Å². The lowest BCUT2D eigenvalue weighted by molar-refractivity contribution is 0.279. The summed E-state index contributed by atoms with van der Waals surface area (Å²) in [6, 6.07) is 18.7. The topological polar surface area (TPSA) is 62.4 Å². The first-order valence-electron chi connectivity index (χ1n) is 9.89. The molecule has 0 spiro atoms. The number of aliphatic hydroxyl groups excluding tert-OH is 1. The van der Waals surface area contributed by atoms with E-state index < -0.39 is 0 Å². The molecule has 0 amide bonds. The second kappa shape index (κ2) is 13.0. The molecule has 1 aromatic heterocycles. The van der Waals surface area contributed by atoms with E-state index in [9.17, 15) is 5.11 Å². The summed E-state index contributed by atoms with van der Waals surface area (Å²) in [6.07, 6.45) is 4.37. The van der Waals surface area contributed by atoms with Crippen LogP contribution in [0.25, 0.3) is 22.0 Å². The van der Waals surface area contributed by atoms with Gasteiger partial charge in [-0.05, 0) is 51.2 Å². The largest absolute Gasteiger partial charge is 0.392 e. The van der Waals surface area contributed by atoms with E-state index in [1.54, 1.807) is 0 Å². The molecule has 4 nitrogen and oxygen atoms in total. The van der Waals surface area contributed by atoms with E-state index in [2.05, 4.69) is 43.6 Å². The summed E-state index contributed by atoms with van der Waals surface area (Å²) < 4.78 is 0. The van der Waals surface area contributed by atoms with Gasteiger partial charge in [0.1, 0.15) is 0 Å². The number of nitrogens with two attached hydrogens (primary N) is 1. The monoisotopic (exact) mass is 381 g/mol. The van der Waals surface area contributed by atoms with Crippen LogP contribution in [0.2, 0.25) is 0 Å². The molecule has 0 radical (unpaired) electrons. The molecule has 0 bridgehead atoms. The summed E-state index contributed by atoms with van der Waals surface area (Å²) in [7, 11) is 5.77. The van der Waals surface area contributed by atoms with Crippen molar-refractivity contribution in [2.45, 2.75) is 39.3 Å². The molecule has 0 saturated heterocycles. The fourth-order valence-corrected chi connectivity index (χ4v) is 3.25. The highest BCUT2D eigenvalue weighted by Gasteiger charge is 2.09. The lowest BCUT2D eigenvalue weighted by atomic mass is 9.98. The van der Waals surface area contributed by atoms with Gasteiger partial charge in [0.05, 0.1) is 12.1 Å². The lowest BCUT2D eigenvalue weighted by Crippen LogP contribution is -2.25. The third kappa shape index (κ3) is 6.41. The maximum Gasteiger partial charge on any atom is 0.0706 e. The van der Waals surface area contributed by atoms with Crippen molar-refractivity contribution >= 4 is 10.9 Å². The van der Waals surface area contributed by atoms with Crippen LogP contribution in [0.4, 0.5) is 0 Å². The van der Waals surface area contributed by atoms with Crippen LogP contribution < -0.4 is 5.73 Å². The molecule has 0 atom stereocenters. The SMILES string of the molecule is CCC(CC)N(C)C.CN.OCc1c(-c2ccccc2)cnc2ccccc12. The highest BCUT2D eigenvalue weighted by atomic mass is 16.3. The van der Waals surface area contributed by atoms with Crippen LogP contribution in [0.3, 0.4) is 0 Å². The second-order valence-electron chi connectivity index (χ2n) is 6.63. The number of para-hydroxylation sites is 1. The number of pyridine rings is 1. The van der Waals surface area contributed by atoms with Gasteiger partial charge in [0.15, 0.2) is 0 Å². The minimum atomic E-state index is 0.0211. The summed E-state index contributed by atoms with van der Waals surface area (Å²) in [5.74, 6) is 0. The smallest absolute Gasteiger partial charge is 0.0706 e. The van der Waals surface area contributed by atoms with Crippen LogP contribution in [0.1, 0.15) is 32.3 Å². The molecular weight excluding hydrogens is 346 g/mol. The molecule has 3 rings (SSSR count). The summed E-state index contributed by atoms with van der Waals surface area (Å²) in [4.78, 5) is 6.73. The number of nitrogens with zero attached hydrogens (tertiary/aromatic N) is 2. The average molecular weight is 382 g/mol. The predicted octanol–water partition coefficient (Wildman–Crippen LogP) is 4.71. The van der Waals surface area contributed by atoms with Crippen LogP contribution in [-0.2, 0) is 6.61 Å². The minimum Gasteiger partial charge on any atom is -0.392 e. The normalized spacial score (nSPS) is 10.3. The van der Waals surface area contributed by atoms with Gasteiger partial charge in [0.2, 0.25) is 0 Å². The summed E-state index contributed by atoms with van der Waals surface area (Å²) in [5, 5.41) is 10.7. The standard InChI is InChI=1S/C16H13NO.C7H17N.CH5N/c18-11-15-13-8-4-5-9-16(13)17-10-14(15)12-6-2-1-3-7-12;1-5-7(6-2)8(3)4;1-2/h1-10,18H,11H2;7H,5-6H2,1-4H3;2H2,1H3. The van der Waals surface area contributed by atoms with E-state index in [-0.39, 0.29) is 6.61 Å². The molecule has 0 fully saturated rings. The number of rotatable bonds is 5. The van der Waals surface area contributed by atoms with Gasteiger partial charge in [-0.1, -0.05) is 62.4 Å². The van der Waals surface area contributed by atoms with Crippen molar-refractivity contribution < 1.29 is 5.11 Å². The Kier molecular flexibility index (Phi) is 11.0. The molecule has 0 unspecified atom stereocenters. The van der Waals surface area contributed by atoms with E-state index in [4.69, 9.17) is 0 Å². The second-order valence-corrected chi connectivity index (χ2v) is 6.63. The van der Waals surface area contributed by atoms with Crippen molar-refractivity contribution in [2.24, 2.45) is 5.73 Å². The number of hydrogen-bond donors (Lipinski definition) is 2. The molecule has 2 aromatic carbocycles. The highest BCUT2D eigenvalue weighted by Crippen LogP contribution is 2.28. The van der Waals surface area contributed by atoms with E-state index in [1.165, 1.54) is 19.9 Å². The molecule has 4 heteroatoms. The minimum absolute atomic E-state index is 0.0211. The third-order valence-corrected chi connectivity index (χ3v) is 4.80. The van der Waals surface area contributed by atoms with Crippen LogP contribution >= 0.6 is 0 Å². The van der Waals surface area contributed by atoms with Gasteiger partial charge < -0.3 is 15.7 Å². The molecule has 0 aliphatic heterocycles.